The van der Waals surface area contributed by atoms with E-state index in [-0.39, 0.29) is 8.80 Å². The van der Waals surface area contributed by atoms with Gasteiger partial charge in [-0.25, -0.2) is 87.8 Å². The fourth-order valence-electron chi connectivity index (χ4n) is 2.49. The van der Waals surface area contributed by atoms with Crippen molar-refractivity contribution in [1.82, 2.24) is 0 Å². The molecule has 0 aliphatic heterocycles. The third-order valence-corrected chi connectivity index (χ3v) is 4.98. The van der Waals surface area contributed by atoms with Crippen molar-refractivity contribution in [3.05, 3.63) is 116 Å². The van der Waals surface area contributed by atoms with Crippen LogP contribution in [0, 0.1) is 116 Å². The maximum Gasteiger partial charge on any atom is 0.200 e. The molecule has 0 N–H and O–H groups in total. The number of halogens is 20. The van der Waals surface area contributed by atoms with E-state index < -0.39 is 138 Å². The molecule has 4 aromatic carbocycles. The van der Waals surface area contributed by atoms with Crippen LogP contribution in [0.1, 0.15) is 0 Å². The zero-order chi connectivity index (χ0) is 41.4. The Morgan fingerprint density at radius 3 is 0.346 bits per heavy atom. The number of hydrogen-bond donors (Lipinski definition) is 0. The van der Waals surface area contributed by atoms with Crippen molar-refractivity contribution in [3.63, 3.8) is 0 Å². The Kier molecular flexibility index (Phi) is 18.2. The summed E-state index contributed by atoms with van der Waals surface area (Å²) >= 11 is 0. The van der Waals surface area contributed by atoms with Crippen LogP contribution in [-0.4, -0.2) is 40.2 Å². The highest BCUT2D eigenvalue weighted by molar-refractivity contribution is 6.54. The topological polar surface area (TPSA) is 0 Å². The molecule has 0 aromatic heterocycles. The van der Waals surface area contributed by atoms with Gasteiger partial charge in [-0.15, -0.1) is 0 Å². The first-order valence-corrected chi connectivity index (χ1v) is 15.4. The predicted molar refractivity (Wildman–Crippen MR) is 150 cm³/mol. The highest BCUT2D eigenvalue weighted by Gasteiger charge is 2.25. The summed E-state index contributed by atoms with van der Waals surface area (Å²) in [6.45, 7) is 6.81. The second kappa shape index (κ2) is 19.7. The summed E-state index contributed by atoms with van der Waals surface area (Å²) in [4.78, 5) is 0. The van der Waals surface area contributed by atoms with E-state index in [4.69, 9.17) is 0 Å². The number of rotatable bonds is 0. The Labute approximate surface area is 286 Å². The molecule has 0 aliphatic rings. The summed E-state index contributed by atoms with van der Waals surface area (Å²) in [5.41, 5.74) is -5.48. The van der Waals surface area contributed by atoms with Crippen LogP contribution < -0.4 is 21.9 Å². The van der Waals surface area contributed by atoms with E-state index in [1.54, 1.807) is 0 Å². The Bertz CT molecular complexity index is 1250. The van der Waals surface area contributed by atoms with Crippen LogP contribution in [0.4, 0.5) is 87.8 Å². The van der Waals surface area contributed by atoms with Crippen LogP contribution in [0.3, 0.4) is 0 Å². The molecule has 273 valence electrons. The maximum absolute atomic E-state index is 12.3. The van der Waals surface area contributed by atoms with Crippen LogP contribution in [0.5, 0.6) is 0 Å². The molecule has 25 heteroatoms. The molecular formula is C27H9B4F20Si. The molecular weight excluding hydrogens is 776 g/mol. The van der Waals surface area contributed by atoms with Crippen molar-refractivity contribution >= 4 is 62.0 Å². The van der Waals surface area contributed by atoms with Crippen molar-refractivity contribution < 1.29 is 87.8 Å². The fraction of sp³-hybridized carbons (Fsp3) is 0.111. The molecule has 52 heavy (non-hydrogen) atoms. The van der Waals surface area contributed by atoms with E-state index >= 15 is 0 Å². The largest absolute Gasteiger partial charge is 0.204 e. The molecule has 0 atom stereocenters. The van der Waals surface area contributed by atoms with Gasteiger partial charge in [0.2, 0.25) is 0 Å². The van der Waals surface area contributed by atoms with Crippen molar-refractivity contribution in [2.24, 2.45) is 0 Å². The van der Waals surface area contributed by atoms with Gasteiger partial charge in [-0.05, 0) is 21.9 Å². The van der Waals surface area contributed by atoms with E-state index in [9.17, 15) is 87.8 Å². The van der Waals surface area contributed by atoms with Gasteiger partial charge in [-0.1, -0.05) is 19.6 Å². The highest BCUT2D eigenvalue weighted by atomic mass is 28.3. The third kappa shape index (κ3) is 11.0. The lowest BCUT2D eigenvalue weighted by Crippen LogP contribution is -2.20. The summed E-state index contributed by atoms with van der Waals surface area (Å²) in [5, 5.41) is 0. The summed E-state index contributed by atoms with van der Waals surface area (Å²) in [5.74, 6) is -41.2. The molecule has 0 heterocycles. The van der Waals surface area contributed by atoms with E-state index in [0.29, 0.717) is 0 Å². The van der Waals surface area contributed by atoms with Gasteiger partial charge in [0.25, 0.3) is 0 Å². The standard InChI is InChI=1S/4C6BF5.C3H9Si/c4*7-1-2(8)4(10)6(12)5(11)3(1)9;1-4(2)3/h;;;;1-3H3. The third-order valence-electron chi connectivity index (χ3n) is 4.98. The lowest BCUT2D eigenvalue weighted by atomic mass is 9.94. The highest BCUT2D eigenvalue weighted by Crippen LogP contribution is 2.17. The normalized spacial score (nSPS) is 10.3. The molecule has 9 radical (unpaired) electrons. The molecule has 0 nitrogen and oxygen atoms in total. The van der Waals surface area contributed by atoms with Crippen LogP contribution >= 0.6 is 0 Å². The van der Waals surface area contributed by atoms with Crippen molar-refractivity contribution in [1.29, 1.82) is 0 Å². The van der Waals surface area contributed by atoms with Gasteiger partial charge in [0, 0.05) is 8.80 Å². The maximum atomic E-state index is 12.3. The molecule has 4 rings (SSSR count). The van der Waals surface area contributed by atoms with Crippen LogP contribution in [-0.2, 0) is 0 Å². The Morgan fingerprint density at radius 2 is 0.269 bits per heavy atom. The van der Waals surface area contributed by atoms with Gasteiger partial charge in [0.05, 0.1) is 0 Å². The van der Waals surface area contributed by atoms with E-state index in [2.05, 4.69) is 51.0 Å². The average Bonchev–Trinajstić information content (AvgIpc) is 3.11. The van der Waals surface area contributed by atoms with Gasteiger partial charge in [-0.2, -0.15) is 0 Å². The fourth-order valence-corrected chi connectivity index (χ4v) is 2.49. The van der Waals surface area contributed by atoms with Gasteiger partial charge < -0.3 is 0 Å². The summed E-state index contributed by atoms with van der Waals surface area (Å²) in [6, 6.07) is 0. The van der Waals surface area contributed by atoms with E-state index in [1.165, 1.54) is 0 Å². The van der Waals surface area contributed by atoms with Gasteiger partial charge in [0.1, 0.15) is 31.4 Å². The van der Waals surface area contributed by atoms with Crippen molar-refractivity contribution in [2.45, 2.75) is 19.6 Å². The zero-order valence-corrected chi connectivity index (χ0v) is 26.4. The van der Waals surface area contributed by atoms with E-state index in [1.807, 2.05) is 0 Å². The summed E-state index contributed by atoms with van der Waals surface area (Å²) in [6.07, 6.45) is 0. The van der Waals surface area contributed by atoms with Gasteiger partial charge >= 0.3 is 0 Å². The zero-order valence-electron chi connectivity index (χ0n) is 25.4. The monoisotopic (exact) mass is 785 g/mol. The Hall–Kier alpha value is -4.04. The average molecular weight is 785 g/mol. The predicted octanol–water partition coefficient (Wildman–Crippen LogP) is 6.07. The molecule has 0 fully saturated rings. The molecule has 0 bridgehead atoms. The van der Waals surface area contributed by atoms with Gasteiger partial charge in [-0.3, -0.25) is 0 Å². The van der Waals surface area contributed by atoms with Crippen molar-refractivity contribution in [3.8, 4) is 0 Å². The Balaban J connectivity index is 0.000000644. The first-order chi connectivity index (χ1) is 23.6. The first-order valence-electron chi connectivity index (χ1n) is 12.4. The number of benzene rings is 4. The first kappa shape index (κ1) is 48.0. The Morgan fingerprint density at radius 1 is 0.212 bits per heavy atom. The summed E-state index contributed by atoms with van der Waals surface area (Å²) in [7, 11) is 18.3. The smallest absolute Gasteiger partial charge is 0.200 e. The lowest BCUT2D eigenvalue weighted by molar-refractivity contribution is 0.384. The van der Waals surface area contributed by atoms with Crippen molar-refractivity contribution in [2.75, 3.05) is 0 Å². The lowest BCUT2D eigenvalue weighted by Gasteiger charge is -2.02. The van der Waals surface area contributed by atoms with E-state index in [0.717, 1.165) is 0 Å². The second-order valence-electron chi connectivity index (χ2n) is 9.43. The minimum Gasteiger partial charge on any atom is -0.204 e. The minimum absolute atomic E-state index is 0.120. The molecule has 0 amide bonds. The van der Waals surface area contributed by atoms with Gasteiger partial charge in [0.15, 0.2) is 116 Å². The minimum atomic E-state index is -2.21. The molecule has 0 saturated carbocycles. The second-order valence-corrected chi connectivity index (χ2v) is 12.4. The van der Waals surface area contributed by atoms with Crippen LogP contribution in [0.2, 0.25) is 19.6 Å². The van der Waals surface area contributed by atoms with Crippen LogP contribution in [0.15, 0.2) is 0 Å². The number of hydrogen-bond acceptors (Lipinski definition) is 0. The summed E-state index contributed by atoms with van der Waals surface area (Å²) < 4.78 is 244. The molecule has 0 spiro atoms. The molecule has 0 unspecified atom stereocenters. The molecule has 0 aliphatic carbocycles. The SMILES string of the molecule is C[Si](C)C.[B]c1c(F)c(F)c(F)c(F)c1F.[B]c1c(F)c(F)c(F)c(F)c1F.[B]c1c(F)c(F)c(F)c(F)c1F.[B]c1c(F)c(F)c(F)c(F)c1F. The molecule has 0 saturated heterocycles. The molecule has 4 aromatic rings. The quantitative estimate of drug-likeness (QED) is 0.0880. The van der Waals surface area contributed by atoms with Crippen LogP contribution in [0.25, 0.3) is 0 Å².